The van der Waals surface area contributed by atoms with Crippen LogP contribution in [0.15, 0.2) is 51.8 Å². The number of imide groups is 1. The number of carbonyl (C=O) groups is 2. The molecular formula is C19H12BrFN2O3S. The molecule has 8 heteroatoms. The van der Waals surface area contributed by atoms with Crippen LogP contribution in [-0.4, -0.2) is 22.7 Å². The van der Waals surface area contributed by atoms with E-state index in [0.29, 0.717) is 11.3 Å². The maximum Gasteiger partial charge on any atom is 0.293 e. The number of carbonyl (C=O) groups excluding carboxylic acids is 2. The molecule has 2 aromatic rings. The highest BCUT2D eigenvalue weighted by atomic mass is 79.9. The van der Waals surface area contributed by atoms with Gasteiger partial charge in [-0.05, 0) is 42.1 Å². The Morgan fingerprint density at radius 2 is 2.04 bits per heavy atom. The van der Waals surface area contributed by atoms with Crippen LogP contribution in [0.5, 0.6) is 5.75 Å². The number of thioether (sulfide) groups is 1. The molecule has 0 aromatic heterocycles. The molecule has 2 amide bonds. The molecule has 0 spiro atoms. The summed E-state index contributed by atoms with van der Waals surface area (Å²) in [5.74, 6) is -0.556. The van der Waals surface area contributed by atoms with Crippen molar-refractivity contribution in [2.45, 2.75) is 6.54 Å². The molecule has 1 aliphatic rings. The van der Waals surface area contributed by atoms with Gasteiger partial charge in [-0.15, -0.1) is 0 Å². The Labute approximate surface area is 167 Å². The van der Waals surface area contributed by atoms with E-state index in [1.807, 2.05) is 6.07 Å². The minimum atomic E-state index is -0.500. The summed E-state index contributed by atoms with van der Waals surface area (Å²) in [6, 6.07) is 13.0. The van der Waals surface area contributed by atoms with Crippen LogP contribution in [-0.2, 0) is 11.3 Å². The zero-order valence-corrected chi connectivity index (χ0v) is 16.2. The normalized spacial score (nSPS) is 15.3. The lowest BCUT2D eigenvalue weighted by molar-refractivity contribution is -0.123. The molecule has 0 atom stereocenters. The van der Waals surface area contributed by atoms with Crippen LogP contribution in [0.3, 0.4) is 0 Å². The van der Waals surface area contributed by atoms with E-state index < -0.39 is 17.0 Å². The maximum atomic E-state index is 13.8. The Kier molecular flexibility index (Phi) is 5.94. The lowest BCUT2D eigenvalue weighted by Gasteiger charge is -2.13. The first-order chi connectivity index (χ1) is 13.0. The van der Waals surface area contributed by atoms with E-state index >= 15 is 0 Å². The molecule has 1 aliphatic heterocycles. The fourth-order valence-corrected chi connectivity index (χ4v) is 3.66. The SMILES string of the molecule is N#CCOc1ccc(Br)cc1/C=C1\SC(=O)N(Cc2ccccc2F)C1=O. The average Bonchev–Trinajstić information content (AvgIpc) is 2.90. The number of hydrogen-bond acceptors (Lipinski definition) is 5. The van der Waals surface area contributed by atoms with Crippen LogP contribution in [0, 0.1) is 17.1 Å². The average molecular weight is 447 g/mol. The van der Waals surface area contributed by atoms with Gasteiger partial charge in [-0.1, -0.05) is 34.1 Å². The Bertz CT molecular complexity index is 987. The van der Waals surface area contributed by atoms with Crippen molar-refractivity contribution in [1.29, 1.82) is 5.26 Å². The number of rotatable bonds is 5. The van der Waals surface area contributed by atoms with Crippen molar-refractivity contribution in [2.24, 2.45) is 0 Å². The Balaban J connectivity index is 1.88. The Morgan fingerprint density at radius 3 is 2.78 bits per heavy atom. The first kappa shape index (κ1) is 19.1. The Hall–Kier alpha value is -2.63. The molecule has 0 N–H and O–H groups in total. The fraction of sp³-hybridized carbons (Fsp3) is 0.105. The zero-order chi connectivity index (χ0) is 19.4. The number of benzene rings is 2. The van der Waals surface area contributed by atoms with Crippen LogP contribution in [0.4, 0.5) is 9.18 Å². The smallest absolute Gasteiger partial charge is 0.293 e. The molecule has 0 bridgehead atoms. The van der Waals surface area contributed by atoms with E-state index in [4.69, 9.17) is 10.00 Å². The van der Waals surface area contributed by atoms with Gasteiger partial charge in [0.25, 0.3) is 11.1 Å². The molecular weight excluding hydrogens is 435 g/mol. The third kappa shape index (κ3) is 4.38. The minimum Gasteiger partial charge on any atom is -0.478 e. The molecule has 5 nitrogen and oxygen atoms in total. The van der Waals surface area contributed by atoms with Crippen molar-refractivity contribution in [3.8, 4) is 11.8 Å². The molecule has 1 saturated heterocycles. The summed E-state index contributed by atoms with van der Waals surface area (Å²) in [7, 11) is 0. The third-order valence-electron chi connectivity index (χ3n) is 3.71. The van der Waals surface area contributed by atoms with Gasteiger partial charge in [-0.25, -0.2) is 4.39 Å². The molecule has 0 radical (unpaired) electrons. The standard InChI is InChI=1S/C19H12BrFN2O3S/c20-14-5-6-16(26-8-7-22)13(9-14)10-17-18(24)23(19(25)27-17)11-12-3-1-2-4-15(12)21/h1-6,9-10H,8,11H2/b17-10-. The summed E-state index contributed by atoms with van der Waals surface area (Å²) in [5.41, 5.74) is 0.817. The molecule has 27 heavy (non-hydrogen) atoms. The fourth-order valence-electron chi connectivity index (χ4n) is 2.45. The van der Waals surface area contributed by atoms with E-state index in [0.717, 1.165) is 21.1 Å². The molecule has 0 aliphatic carbocycles. The second kappa shape index (κ2) is 8.37. The highest BCUT2D eigenvalue weighted by Crippen LogP contribution is 2.35. The summed E-state index contributed by atoms with van der Waals surface area (Å²) in [6.45, 7) is -0.276. The molecule has 3 rings (SSSR count). The lowest BCUT2D eigenvalue weighted by atomic mass is 10.1. The van der Waals surface area contributed by atoms with Crippen LogP contribution >= 0.6 is 27.7 Å². The lowest BCUT2D eigenvalue weighted by Crippen LogP contribution is -2.27. The summed E-state index contributed by atoms with van der Waals surface area (Å²) in [5, 5.41) is 8.22. The van der Waals surface area contributed by atoms with Gasteiger partial charge in [0.1, 0.15) is 17.6 Å². The first-order valence-corrected chi connectivity index (χ1v) is 9.38. The topological polar surface area (TPSA) is 70.4 Å². The largest absolute Gasteiger partial charge is 0.478 e. The summed E-state index contributed by atoms with van der Waals surface area (Å²) >= 11 is 4.12. The molecule has 2 aromatic carbocycles. The highest BCUT2D eigenvalue weighted by Gasteiger charge is 2.35. The van der Waals surface area contributed by atoms with Crippen molar-refractivity contribution in [3.05, 3.63) is 68.8 Å². The number of nitriles is 1. The van der Waals surface area contributed by atoms with Crippen molar-refractivity contribution in [2.75, 3.05) is 6.61 Å². The van der Waals surface area contributed by atoms with Gasteiger partial charge in [-0.2, -0.15) is 5.26 Å². The van der Waals surface area contributed by atoms with Crippen LogP contribution < -0.4 is 4.74 Å². The van der Waals surface area contributed by atoms with E-state index in [2.05, 4.69) is 15.9 Å². The number of nitrogens with zero attached hydrogens (tertiary/aromatic N) is 2. The number of ether oxygens (including phenoxy) is 1. The van der Waals surface area contributed by atoms with Crippen molar-refractivity contribution in [3.63, 3.8) is 0 Å². The summed E-state index contributed by atoms with van der Waals surface area (Å²) in [6.07, 6.45) is 1.53. The van der Waals surface area contributed by atoms with Gasteiger partial charge < -0.3 is 4.74 Å². The third-order valence-corrected chi connectivity index (χ3v) is 5.11. The van der Waals surface area contributed by atoms with E-state index in [-0.39, 0.29) is 23.6 Å². The summed E-state index contributed by atoms with van der Waals surface area (Å²) in [4.78, 5) is 26.1. The predicted octanol–water partition coefficient (Wildman–Crippen LogP) is 4.73. The molecule has 0 saturated carbocycles. The zero-order valence-electron chi connectivity index (χ0n) is 13.8. The van der Waals surface area contributed by atoms with Gasteiger partial charge >= 0.3 is 0 Å². The number of halogens is 2. The number of amides is 2. The minimum absolute atomic E-state index is 0.134. The van der Waals surface area contributed by atoms with Crippen molar-refractivity contribution >= 4 is 44.9 Å². The second-order valence-electron chi connectivity index (χ2n) is 5.49. The monoisotopic (exact) mass is 446 g/mol. The van der Waals surface area contributed by atoms with Gasteiger partial charge in [0.2, 0.25) is 0 Å². The van der Waals surface area contributed by atoms with Crippen molar-refractivity contribution < 1.29 is 18.7 Å². The van der Waals surface area contributed by atoms with Crippen LogP contribution in [0.1, 0.15) is 11.1 Å². The quantitative estimate of drug-likeness (QED) is 0.620. The molecule has 1 heterocycles. The van der Waals surface area contributed by atoms with Gasteiger partial charge in [0.05, 0.1) is 11.4 Å². The number of hydrogen-bond donors (Lipinski definition) is 0. The van der Waals surface area contributed by atoms with E-state index in [9.17, 15) is 14.0 Å². The predicted molar refractivity (Wildman–Crippen MR) is 103 cm³/mol. The summed E-state index contributed by atoms with van der Waals surface area (Å²) < 4.78 is 19.9. The van der Waals surface area contributed by atoms with Crippen LogP contribution in [0.25, 0.3) is 6.08 Å². The van der Waals surface area contributed by atoms with Gasteiger partial charge in [0, 0.05) is 15.6 Å². The molecule has 136 valence electrons. The molecule has 1 fully saturated rings. The Morgan fingerprint density at radius 1 is 1.26 bits per heavy atom. The van der Waals surface area contributed by atoms with Crippen LogP contribution in [0.2, 0.25) is 0 Å². The van der Waals surface area contributed by atoms with Crippen molar-refractivity contribution in [1.82, 2.24) is 4.90 Å². The van der Waals surface area contributed by atoms with E-state index in [1.165, 1.54) is 18.2 Å². The first-order valence-electron chi connectivity index (χ1n) is 7.77. The van der Waals surface area contributed by atoms with E-state index in [1.54, 1.807) is 30.3 Å². The molecule has 0 unspecified atom stereocenters. The highest BCUT2D eigenvalue weighted by molar-refractivity contribution is 9.10. The second-order valence-corrected chi connectivity index (χ2v) is 7.40. The maximum absolute atomic E-state index is 13.8. The van der Waals surface area contributed by atoms with Gasteiger partial charge in [0.15, 0.2) is 6.61 Å². The van der Waals surface area contributed by atoms with Gasteiger partial charge in [-0.3, -0.25) is 14.5 Å².